The number of carbonyl (C=O) groups is 1. The zero-order chi connectivity index (χ0) is 19.4. The smallest absolute Gasteiger partial charge is 0.338 e. The van der Waals surface area contributed by atoms with E-state index in [0.29, 0.717) is 5.82 Å². The van der Waals surface area contributed by atoms with Gasteiger partial charge in [-0.15, -0.1) is 6.42 Å². The van der Waals surface area contributed by atoms with Gasteiger partial charge in [0, 0.05) is 5.41 Å². The molecule has 0 unspecified atom stereocenters. The molecule has 0 aliphatic rings. The maximum atomic E-state index is 12.2. The van der Waals surface area contributed by atoms with E-state index in [-0.39, 0.29) is 34.9 Å². The fourth-order valence-electron chi connectivity index (χ4n) is 1.84. The summed E-state index contributed by atoms with van der Waals surface area (Å²) >= 11 is 0. The van der Waals surface area contributed by atoms with Crippen LogP contribution in [0.25, 0.3) is 0 Å². The number of ether oxygens (including phenoxy) is 1. The van der Waals surface area contributed by atoms with Crippen LogP contribution in [0.3, 0.4) is 0 Å². The lowest BCUT2D eigenvalue weighted by Crippen LogP contribution is -2.24. The molecule has 2 aromatic rings. The average molecular weight is 377 g/mol. The third-order valence-corrected chi connectivity index (χ3v) is 4.61. The molecule has 0 saturated carbocycles. The van der Waals surface area contributed by atoms with Crippen LogP contribution in [0, 0.1) is 12.3 Å². The van der Waals surface area contributed by atoms with Crippen LogP contribution in [0.5, 0.6) is 0 Å². The highest BCUT2D eigenvalue weighted by molar-refractivity contribution is 7.89. The van der Waals surface area contributed by atoms with E-state index in [1.54, 1.807) is 0 Å². The molecular formula is C17H19N3O5S. The summed E-state index contributed by atoms with van der Waals surface area (Å²) in [5, 5.41) is 3.83. The van der Waals surface area contributed by atoms with Gasteiger partial charge in [-0.25, -0.2) is 13.2 Å². The van der Waals surface area contributed by atoms with Crippen molar-refractivity contribution in [3.05, 3.63) is 41.5 Å². The lowest BCUT2D eigenvalue weighted by molar-refractivity contribution is 0.0429. The molecule has 8 nitrogen and oxygen atoms in total. The number of carbonyl (C=O) groups excluding carboxylic acids is 1. The number of sulfonamides is 1. The Morgan fingerprint density at radius 1 is 1.38 bits per heavy atom. The molecule has 0 saturated heterocycles. The molecule has 0 amide bonds. The number of nitrogens with one attached hydrogen (secondary N) is 1. The van der Waals surface area contributed by atoms with E-state index in [9.17, 15) is 13.2 Å². The van der Waals surface area contributed by atoms with Crippen molar-refractivity contribution in [2.45, 2.75) is 37.7 Å². The van der Waals surface area contributed by atoms with E-state index in [0.717, 1.165) is 0 Å². The highest BCUT2D eigenvalue weighted by Gasteiger charge is 2.22. The van der Waals surface area contributed by atoms with Gasteiger partial charge >= 0.3 is 5.97 Å². The second-order valence-electron chi connectivity index (χ2n) is 6.39. The molecule has 1 aromatic heterocycles. The average Bonchev–Trinajstić information content (AvgIpc) is 3.07. The predicted octanol–water partition coefficient (Wildman–Crippen LogP) is 1.64. The quantitative estimate of drug-likeness (QED) is 0.601. The molecule has 2 rings (SSSR count). The van der Waals surface area contributed by atoms with Crippen LogP contribution in [-0.4, -0.2) is 31.1 Å². The van der Waals surface area contributed by atoms with E-state index in [1.807, 2.05) is 20.8 Å². The van der Waals surface area contributed by atoms with Gasteiger partial charge in [-0.05, 0) is 18.2 Å². The van der Waals surface area contributed by atoms with Crippen molar-refractivity contribution >= 4 is 16.0 Å². The van der Waals surface area contributed by atoms with Gasteiger partial charge in [0.2, 0.25) is 10.0 Å². The number of aromatic nitrogens is 2. The Hall–Kier alpha value is -2.70. The highest BCUT2D eigenvalue weighted by Crippen LogP contribution is 2.19. The topological polar surface area (TPSA) is 111 Å². The molecule has 1 heterocycles. The molecular weight excluding hydrogens is 358 g/mol. The number of esters is 1. The van der Waals surface area contributed by atoms with Crippen molar-refractivity contribution in [2.24, 2.45) is 0 Å². The van der Waals surface area contributed by atoms with Gasteiger partial charge in [0.1, 0.15) is 0 Å². The first-order chi connectivity index (χ1) is 12.1. The Balaban J connectivity index is 2.07. The van der Waals surface area contributed by atoms with Crippen molar-refractivity contribution in [2.75, 3.05) is 6.54 Å². The minimum atomic E-state index is -3.80. The summed E-state index contributed by atoms with van der Waals surface area (Å²) in [6.07, 6.45) is 5.04. The van der Waals surface area contributed by atoms with Crippen molar-refractivity contribution < 1.29 is 22.5 Å². The molecule has 1 N–H and O–H groups in total. The summed E-state index contributed by atoms with van der Waals surface area (Å²) in [4.78, 5) is 16.2. The minimum Gasteiger partial charge on any atom is -0.452 e. The molecule has 0 fully saturated rings. The first-order valence-corrected chi connectivity index (χ1v) is 9.15. The number of terminal acetylenes is 1. The van der Waals surface area contributed by atoms with Gasteiger partial charge < -0.3 is 9.26 Å². The minimum absolute atomic E-state index is 0.0733. The summed E-state index contributed by atoms with van der Waals surface area (Å²) in [5.74, 6) is 2.12. The van der Waals surface area contributed by atoms with Gasteiger partial charge in [-0.2, -0.15) is 9.71 Å². The Kier molecular flexibility index (Phi) is 5.79. The molecule has 0 bridgehead atoms. The molecule has 0 atom stereocenters. The molecule has 9 heteroatoms. The van der Waals surface area contributed by atoms with Crippen LogP contribution in [0.1, 0.15) is 42.8 Å². The SMILES string of the molecule is C#CCNS(=O)(=O)c1cccc(C(=O)OCc2nc(C(C)(C)C)no2)c1. The number of hydrogen-bond donors (Lipinski definition) is 1. The Morgan fingerprint density at radius 3 is 2.73 bits per heavy atom. The third-order valence-electron chi connectivity index (χ3n) is 3.21. The standard InChI is InChI=1S/C17H19N3O5S/c1-5-9-18-26(22,23)13-8-6-7-12(10-13)15(21)24-11-14-19-16(20-25-14)17(2,3)4/h1,6-8,10,18H,9,11H2,2-4H3. The van der Waals surface area contributed by atoms with Crippen molar-refractivity contribution in [1.82, 2.24) is 14.9 Å². The number of rotatable bonds is 6. The van der Waals surface area contributed by atoms with Gasteiger partial charge in [0.05, 0.1) is 17.0 Å². The van der Waals surface area contributed by atoms with Crippen LogP contribution in [0.4, 0.5) is 0 Å². The van der Waals surface area contributed by atoms with Crippen LogP contribution in [0.2, 0.25) is 0 Å². The maximum Gasteiger partial charge on any atom is 0.338 e. The van der Waals surface area contributed by atoms with E-state index >= 15 is 0 Å². The molecule has 0 radical (unpaired) electrons. The van der Waals surface area contributed by atoms with Gasteiger partial charge in [-0.3, -0.25) is 0 Å². The molecule has 0 aliphatic heterocycles. The Labute approximate surface area is 152 Å². The zero-order valence-electron chi connectivity index (χ0n) is 14.6. The van der Waals surface area contributed by atoms with Crippen LogP contribution < -0.4 is 4.72 Å². The largest absolute Gasteiger partial charge is 0.452 e. The second-order valence-corrected chi connectivity index (χ2v) is 8.16. The zero-order valence-corrected chi connectivity index (χ0v) is 15.5. The summed E-state index contributed by atoms with van der Waals surface area (Å²) in [7, 11) is -3.80. The highest BCUT2D eigenvalue weighted by atomic mass is 32.2. The van der Waals surface area contributed by atoms with Gasteiger partial charge in [-0.1, -0.05) is 37.9 Å². The number of nitrogens with zero attached hydrogens (tertiary/aromatic N) is 2. The summed E-state index contributed by atoms with van der Waals surface area (Å²) < 4.78 is 36.5. The molecule has 0 aliphatic carbocycles. The normalized spacial score (nSPS) is 11.8. The van der Waals surface area contributed by atoms with Crippen LogP contribution in [0.15, 0.2) is 33.7 Å². The summed E-state index contributed by atoms with van der Waals surface area (Å²) in [6, 6.07) is 5.43. The van der Waals surface area contributed by atoms with Crippen molar-refractivity contribution in [3.63, 3.8) is 0 Å². The van der Waals surface area contributed by atoms with Crippen molar-refractivity contribution in [1.29, 1.82) is 0 Å². The van der Waals surface area contributed by atoms with E-state index in [4.69, 9.17) is 15.7 Å². The lowest BCUT2D eigenvalue weighted by Gasteiger charge is -2.10. The molecule has 0 spiro atoms. The molecule has 26 heavy (non-hydrogen) atoms. The third kappa shape index (κ3) is 4.91. The first-order valence-electron chi connectivity index (χ1n) is 7.67. The lowest BCUT2D eigenvalue weighted by atomic mass is 9.96. The summed E-state index contributed by atoms with van der Waals surface area (Å²) in [5.41, 5.74) is -0.219. The number of hydrogen-bond acceptors (Lipinski definition) is 7. The first kappa shape index (κ1) is 19.6. The molecule has 1 aromatic carbocycles. The van der Waals surface area contributed by atoms with Gasteiger partial charge in [0.25, 0.3) is 5.89 Å². The molecule has 138 valence electrons. The maximum absolute atomic E-state index is 12.2. The van der Waals surface area contributed by atoms with E-state index in [1.165, 1.54) is 24.3 Å². The number of benzene rings is 1. The van der Waals surface area contributed by atoms with Crippen molar-refractivity contribution in [3.8, 4) is 12.3 Å². The Morgan fingerprint density at radius 2 is 2.12 bits per heavy atom. The monoisotopic (exact) mass is 377 g/mol. The fraction of sp³-hybridized carbons (Fsp3) is 0.353. The van der Waals surface area contributed by atoms with Crippen LogP contribution in [-0.2, 0) is 26.8 Å². The fourth-order valence-corrected chi connectivity index (χ4v) is 2.82. The predicted molar refractivity (Wildman–Crippen MR) is 92.6 cm³/mol. The summed E-state index contributed by atoms with van der Waals surface area (Å²) in [6.45, 7) is 5.41. The van der Waals surface area contributed by atoms with E-state index in [2.05, 4.69) is 20.8 Å². The van der Waals surface area contributed by atoms with Crippen LogP contribution >= 0.6 is 0 Å². The van der Waals surface area contributed by atoms with Gasteiger partial charge in [0.15, 0.2) is 12.4 Å². The second kappa shape index (κ2) is 7.68. The Bertz CT molecular complexity index is 936. The van der Waals surface area contributed by atoms with E-state index < -0.39 is 16.0 Å².